The summed E-state index contributed by atoms with van der Waals surface area (Å²) in [4.78, 5) is 4.36. The highest BCUT2D eigenvalue weighted by Crippen LogP contribution is 2.48. The maximum Gasteiger partial charge on any atom is 0.263 e. The van der Waals surface area contributed by atoms with E-state index < -0.39 is 0 Å². The van der Waals surface area contributed by atoms with Crippen LogP contribution in [-0.4, -0.2) is 4.98 Å². The third kappa shape index (κ3) is 5.15. The van der Waals surface area contributed by atoms with Crippen molar-refractivity contribution >= 4 is 63.8 Å². The summed E-state index contributed by atoms with van der Waals surface area (Å²) < 4.78 is 14.8. The van der Waals surface area contributed by atoms with Crippen LogP contribution in [0.2, 0.25) is 0 Å². The Morgan fingerprint density at radius 1 is 0.316 bits per heavy atom. The van der Waals surface area contributed by atoms with Crippen LogP contribution < -0.4 is 9.47 Å². The van der Waals surface area contributed by atoms with Crippen molar-refractivity contribution in [2.45, 2.75) is 0 Å². The third-order valence-corrected chi connectivity index (χ3v) is 12.7. The summed E-state index contributed by atoms with van der Waals surface area (Å²) >= 11 is 1.85. The van der Waals surface area contributed by atoms with E-state index in [4.69, 9.17) is 9.47 Å². The summed E-state index contributed by atoms with van der Waals surface area (Å²) in [5, 5.41) is 10.2. The molecular formula is C53H31NO2S. The van der Waals surface area contributed by atoms with Gasteiger partial charge < -0.3 is 9.47 Å². The van der Waals surface area contributed by atoms with E-state index in [-0.39, 0.29) is 0 Å². The Morgan fingerprint density at radius 3 is 1.49 bits per heavy atom. The standard InChI is InChI=1S/C53H31NO2S/c1-2-16-42-40(14-1)41-15-3-4-17-43(41)47-30-35(23-25-44(42)47)33-11-5-10-32(28-33)34-12-6-13-36(29-34)38-18-7-20-45-46-21-8-19-39(52(46)57-51(38)45)37-24-26-48-50(31-37)56-53-49(55-48)22-9-27-54-53/h1-31H. The summed E-state index contributed by atoms with van der Waals surface area (Å²) in [5.41, 5.74) is 9.48. The van der Waals surface area contributed by atoms with E-state index in [9.17, 15) is 0 Å². The average molecular weight is 746 g/mol. The minimum absolute atomic E-state index is 0.483. The Bertz CT molecular complexity index is 3400. The first-order valence-corrected chi connectivity index (χ1v) is 20.0. The van der Waals surface area contributed by atoms with Crippen LogP contribution >= 0.6 is 11.3 Å². The Labute approximate surface area is 332 Å². The van der Waals surface area contributed by atoms with Gasteiger partial charge in [0.15, 0.2) is 17.2 Å². The van der Waals surface area contributed by atoms with Gasteiger partial charge in [-0.05, 0) is 119 Å². The monoisotopic (exact) mass is 745 g/mol. The summed E-state index contributed by atoms with van der Waals surface area (Å²) in [5.74, 6) is 2.47. The molecule has 12 rings (SSSR count). The molecule has 0 unspecified atom stereocenters. The maximum absolute atomic E-state index is 6.18. The molecule has 0 N–H and O–H groups in total. The van der Waals surface area contributed by atoms with Gasteiger partial charge in [-0.15, -0.1) is 11.3 Å². The molecule has 0 saturated carbocycles. The normalized spacial score (nSPS) is 12.1. The highest BCUT2D eigenvalue weighted by molar-refractivity contribution is 7.26. The number of benzene rings is 9. The van der Waals surface area contributed by atoms with Gasteiger partial charge in [-0.2, -0.15) is 0 Å². The van der Waals surface area contributed by atoms with Gasteiger partial charge in [0.2, 0.25) is 0 Å². The van der Waals surface area contributed by atoms with Gasteiger partial charge >= 0.3 is 0 Å². The van der Waals surface area contributed by atoms with Crippen molar-refractivity contribution in [3.05, 3.63) is 188 Å². The van der Waals surface area contributed by atoms with Crippen molar-refractivity contribution in [1.82, 2.24) is 4.98 Å². The highest BCUT2D eigenvalue weighted by atomic mass is 32.1. The van der Waals surface area contributed by atoms with E-state index in [1.807, 2.05) is 29.5 Å². The summed E-state index contributed by atoms with van der Waals surface area (Å²) in [6, 6.07) is 65.6. The number of nitrogens with zero attached hydrogens (tertiary/aromatic N) is 1. The number of aromatic nitrogens is 1. The number of pyridine rings is 1. The zero-order valence-electron chi connectivity index (χ0n) is 30.6. The third-order valence-electron chi connectivity index (χ3n) is 11.4. The molecule has 266 valence electrons. The lowest BCUT2D eigenvalue weighted by atomic mass is 9.91. The molecule has 3 nitrogen and oxygen atoms in total. The lowest BCUT2D eigenvalue weighted by molar-refractivity contribution is 0.348. The van der Waals surface area contributed by atoms with Gasteiger partial charge in [0.1, 0.15) is 0 Å². The lowest BCUT2D eigenvalue weighted by Gasteiger charge is -2.20. The van der Waals surface area contributed by atoms with Crippen LogP contribution in [0.15, 0.2) is 188 Å². The van der Waals surface area contributed by atoms with Crippen molar-refractivity contribution in [3.8, 4) is 67.6 Å². The number of hydrogen-bond donors (Lipinski definition) is 0. The van der Waals surface area contributed by atoms with Crippen LogP contribution in [0.4, 0.5) is 0 Å². The van der Waals surface area contributed by atoms with Crippen LogP contribution in [0.3, 0.4) is 0 Å². The Hall–Kier alpha value is -7.27. The largest absolute Gasteiger partial charge is 0.448 e. The van der Waals surface area contributed by atoms with E-state index in [2.05, 4.69) is 169 Å². The second kappa shape index (κ2) is 12.6. The van der Waals surface area contributed by atoms with Crippen LogP contribution in [-0.2, 0) is 0 Å². The van der Waals surface area contributed by atoms with Crippen molar-refractivity contribution in [2.24, 2.45) is 0 Å². The highest BCUT2D eigenvalue weighted by Gasteiger charge is 2.21. The molecule has 2 aromatic heterocycles. The molecule has 11 aromatic rings. The zero-order valence-corrected chi connectivity index (χ0v) is 31.4. The fourth-order valence-electron chi connectivity index (χ4n) is 8.70. The number of rotatable bonds is 4. The molecule has 0 bridgehead atoms. The molecule has 0 fully saturated rings. The topological polar surface area (TPSA) is 31.4 Å². The Kier molecular flexibility index (Phi) is 7.10. The van der Waals surface area contributed by atoms with Crippen LogP contribution in [0.25, 0.3) is 97.0 Å². The van der Waals surface area contributed by atoms with Crippen LogP contribution in [0.5, 0.6) is 23.1 Å². The Balaban J connectivity index is 0.926. The first-order chi connectivity index (χ1) is 28.2. The van der Waals surface area contributed by atoms with E-state index in [0.29, 0.717) is 23.1 Å². The predicted octanol–water partition coefficient (Wildman–Crippen LogP) is 15.5. The smallest absolute Gasteiger partial charge is 0.263 e. The zero-order chi connectivity index (χ0) is 37.5. The van der Waals surface area contributed by atoms with E-state index in [1.165, 1.54) is 91.4 Å². The first kappa shape index (κ1) is 32.0. The molecule has 1 aliphatic heterocycles. The number of thiophene rings is 1. The second-order valence-corrected chi connectivity index (χ2v) is 15.7. The number of fused-ring (bicyclic) bond motifs is 11. The predicted molar refractivity (Wildman–Crippen MR) is 238 cm³/mol. The molecule has 1 aliphatic rings. The van der Waals surface area contributed by atoms with Crippen LogP contribution in [0, 0.1) is 0 Å². The minimum atomic E-state index is 0.483. The molecular weight excluding hydrogens is 715 g/mol. The van der Waals surface area contributed by atoms with Gasteiger partial charge in [0, 0.05) is 26.4 Å². The molecule has 0 aliphatic carbocycles. The second-order valence-electron chi connectivity index (χ2n) is 14.7. The van der Waals surface area contributed by atoms with Crippen molar-refractivity contribution in [3.63, 3.8) is 0 Å². The molecule has 0 saturated heterocycles. The summed E-state index contributed by atoms with van der Waals surface area (Å²) in [6.07, 6.45) is 1.72. The molecule has 0 amide bonds. The van der Waals surface area contributed by atoms with Crippen LogP contribution in [0.1, 0.15) is 0 Å². The fraction of sp³-hybridized carbons (Fsp3) is 0. The Morgan fingerprint density at radius 2 is 0.825 bits per heavy atom. The lowest BCUT2D eigenvalue weighted by Crippen LogP contribution is -2.00. The quantitative estimate of drug-likeness (QED) is 0.168. The molecule has 4 heteroatoms. The van der Waals surface area contributed by atoms with E-state index in [0.717, 1.165) is 5.56 Å². The average Bonchev–Trinajstić information content (AvgIpc) is 3.67. The summed E-state index contributed by atoms with van der Waals surface area (Å²) in [6.45, 7) is 0. The van der Waals surface area contributed by atoms with Crippen molar-refractivity contribution < 1.29 is 9.47 Å². The molecule has 0 radical (unpaired) electrons. The summed E-state index contributed by atoms with van der Waals surface area (Å²) in [7, 11) is 0. The maximum atomic E-state index is 6.18. The van der Waals surface area contributed by atoms with Crippen molar-refractivity contribution in [2.75, 3.05) is 0 Å². The minimum Gasteiger partial charge on any atom is -0.448 e. The SMILES string of the molecule is c1cc(-c2cccc(-c3cccc4c3sc3c(-c5ccc6c(c5)Oc5ncccc5O6)cccc34)c2)cc(-c2ccc3c4ccccc4c4ccccc4c3c2)c1. The van der Waals surface area contributed by atoms with Gasteiger partial charge in [0.25, 0.3) is 5.88 Å². The molecule has 57 heavy (non-hydrogen) atoms. The number of ether oxygens (including phenoxy) is 2. The fourth-order valence-corrected chi connectivity index (χ4v) is 10.1. The molecule has 9 aromatic carbocycles. The van der Waals surface area contributed by atoms with E-state index in [1.54, 1.807) is 6.20 Å². The van der Waals surface area contributed by atoms with Gasteiger partial charge in [-0.1, -0.05) is 140 Å². The molecule has 0 atom stereocenters. The van der Waals surface area contributed by atoms with Gasteiger partial charge in [-0.25, -0.2) is 4.98 Å². The first-order valence-electron chi connectivity index (χ1n) is 19.2. The van der Waals surface area contributed by atoms with E-state index >= 15 is 0 Å². The van der Waals surface area contributed by atoms with Crippen molar-refractivity contribution in [1.29, 1.82) is 0 Å². The molecule has 0 spiro atoms. The van der Waals surface area contributed by atoms with Gasteiger partial charge in [0.05, 0.1) is 0 Å². The number of hydrogen-bond acceptors (Lipinski definition) is 4. The molecule has 3 heterocycles. The van der Waals surface area contributed by atoms with Gasteiger partial charge in [-0.3, -0.25) is 0 Å².